The van der Waals surface area contributed by atoms with E-state index in [1.165, 1.54) is 0 Å². The van der Waals surface area contributed by atoms with E-state index in [0.717, 1.165) is 18.3 Å². The van der Waals surface area contributed by atoms with E-state index in [2.05, 4.69) is 4.98 Å². The van der Waals surface area contributed by atoms with E-state index < -0.39 is 28.8 Å². The Kier molecular flexibility index (Phi) is 4.54. The molecule has 0 aliphatic rings. The van der Waals surface area contributed by atoms with Gasteiger partial charge in [0.1, 0.15) is 5.15 Å². The number of nitrogens with one attached hydrogen (secondary N) is 1. The molecule has 0 saturated heterocycles. The monoisotopic (exact) mass is 304 g/mol. The third-order valence-electron chi connectivity index (χ3n) is 1.85. The van der Waals surface area contributed by atoms with Crippen molar-refractivity contribution in [2.45, 2.75) is 17.2 Å². The van der Waals surface area contributed by atoms with Gasteiger partial charge in [-0.05, 0) is 12.1 Å². The van der Waals surface area contributed by atoms with E-state index in [4.69, 9.17) is 16.7 Å². The largest absolute Gasteiger partial charge is 0.415 e. The zero-order valence-electron chi connectivity index (χ0n) is 8.65. The Morgan fingerprint density at radius 3 is 2.61 bits per heavy atom. The van der Waals surface area contributed by atoms with Crippen LogP contribution in [0.4, 0.5) is 13.2 Å². The Balaban J connectivity index is 2.78. The normalized spacial score (nSPS) is 14.5. The van der Waals surface area contributed by atoms with Gasteiger partial charge >= 0.3 is 6.18 Å². The number of pyridine rings is 1. The van der Waals surface area contributed by atoms with Crippen LogP contribution in [0.5, 0.6) is 0 Å². The highest BCUT2D eigenvalue weighted by molar-refractivity contribution is 7.89. The number of aliphatic hydroxyl groups is 1. The molecule has 1 rings (SSSR count). The molecule has 0 spiro atoms. The van der Waals surface area contributed by atoms with Gasteiger partial charge in [-0.3, -0.25) is 0 Å². The van der Waals surface area contributed by atoms with Crippen LogP contribution >= 0.6 is 11.6 Å². The van der Waals surface area contributed by atoms with Crippen molar-refractivity contribution in [2.24, 2.45) is 0 Å². The van der Waals surface area contributed by atoms with Gasteiger partial charge in [0, 0.05) is 12.7 Å². The summed E-state index contributed by atoms with van der Waals surface area (Å²) in [4.78, 5) is 3.20. The van der Waals surface area contributed by atoms with Gasteiger partial charge in [0.25, 0.3) is 0 Å². The molecule has 2 N–H and O–H groups in total. The fourth-order valence-electron chi connectivity index (χ4n) is 0.940. The highest BCUT2D eigenvalue weighted by atomic mass is 35.5. The summed E-state index contributed by atoms with van der Waals surface area (Å²) in [7, 11) is -4.17. The van der Waals surface area contributed by atoms with E-state index >= 15 is 0 Å². The number of hydrogen-bond acceptors (Lipinski definition) is 4. The molecule has 1 aromatic heterocycles. The summed E-state index contributed by atoms with van der Waals surface area (Å²) in [6.07, 6.45) is -6.57. The Labute approximate surface area is 106 Å². The molecule has 0 saturated carbocycles. The highest BCUT2D eigenvalue weighted by Gasteiger charge is 2.38. The zero-order chi connectivity index (χ0) is 14.0. The van der Waals surface area contributed by atoms with Crippen LogP contribution in [0, 0.1) is 0 Å². The Morgan fingerprint density at radius 1 is 1.50 bits per heavy atom. The molecule has 1 unspecified atom stereocenters. The molecule has 0 bridgehead atoms. The third kappa shape index (κ3) is 4.09. The van der Waals surface area contributed by atoms with Gasteiger partial charge in [0.15, 0.2) is 6.10 Å². The van der Waals surface area contributed by atoms with Crippen LogP contribution in [0.2, 0.25) is 5.15 Å². The van der Waals surface area contributed by atoms with Crippen molar-refractivity contribution >= 4 is 21.6 Å². The number of halogens is 4. The zero-order valence-corrected chi connectivity index (χ0v) is 10.2. The minimum absolute atomic E-state index is 0.116. The first-order chi connectivity index (χ1) is 8.13. The van der Waals surface area contributed by atoms with Crippen LogP contribution in [0.3, 0.4) is 0 Å². The molecule has 0 aromatic carbocycles. The number of aliphatic hydroxyl groups excluding tert-OH is 1. The fraction of sp³-hybridized carbons (Fsp3) is 0.375. The van der Waals surface area contributed by atoms with Gasteiger partial charge in [-0.15, -0.1) is 0 Å². The minimum atomic E-state index is -4.89. The number of alkyl halides is 3. The summed E-state index contributed by atoms with van der Waals surface area (Å²) in [6, 6.07) is 2.04. The summed E-state index contributed by atoms with van der Waals surface area (Å²) < 4.78 is 60.6. The van der Waals surface area contributed by atoms with Crippen molar-refractivity contribution in [2.75, 3.05) is 6.54 Å². The molecular formula is C8H8ClF3N2O3S. The van der Waals surface area contributed by atoms with Gasteiger partial charge in [-0.1, -0.05) is 11.6 Å². The van der Waals surface area contributed by atoms with Gasteiger partial charge in [-0.25, -0.2) is 18.1 Å². The van der Waals surface area contributed by atoms with Crippen molar-refractivity contribution in [3.05, 3.63) is 23.5 Å². The molecule has 1 heterocycles. The molecule has 0 aliphatic carbocycles. The lowest BCUT2D eigenvalue weighted by Gasteiger charge is -2.15. The SMILES string of the molecule is O=S(=O)(NCC(O)C(F)(F)F)c1ccnc(Cl)c1. The predicted molar refractivity (Wildman–Crippen MR) is 56.5 cm³/mol. The fourth-order valence-corrected chi connectivity index (χ4v) is 2.23. The molecule has 0 aliphatic heterocycles. The Bertz CT molecular complexity index is 521. The van der Waals surface area contributed by atoms with E-state index in [-0.39, 0.29) is 10.0 Å². The highest BCUT2D eigenvalue weighted by Crippen LogP contribution is 2.20. The summed E-state index contributed by atoms with van der Waals surface area (Å²) in [6.45, 7) is -1.17. The van der Waals surface area contributed by atoms with Crippen molar-refractivity contribution < 1.29 is 26.7 Å². The maximum atomic E-state index is 12.0. The topological polar surface area (TPSA) is 79.3 Å². The lowest BCUT2D eigenvalue weighted by molar-refractivity contribution is -0.200. The second-order valence-electron chi connectivity index (χ2n) is 3.22. The number of hydrogen-bond donors (Lipinski definition) is 2. The Morgan fingerprint density at radius 2 is 2.11 bits per heavy atom. The van der Waals surface area contributed by atoms with Gasteiger partial charge < -0.3 is 5.11 Å². The summed E-state index contributed by atoms with van der Waals surface area (Å²) in [5, 5.41) is 8.54. The Hall–Kier alpha value is -0.900. The smallest absolute Gasteiger partial charge is 0.382 e. The lowest BCUT2D eigenvalue weighted by Crippen LogP contribution is -2.40. The second kappa shape index (κ2) is 5.39. The number of rotatable bonds is 4. The molecule has 102 valence electrons. The maximum absolute atomic E-state index is 12.0. The van der Waals surface area contributed by atoms with Gasteiger partial charge in [-0.2, -0.15) is 13.2 Å². The van der Waals surface area contributed by atoms with Crippen LogP contribution in [-0.2, 0) is 10.0 Å². The number of nitrogens with zero attached hydrogens (tertiary/aromatic N) is 1. The van der Waals surface area contributed by atoms with Crippen molar-refractivity contribution in [1.82, 2.24) is 9.71 Å². The average Bonchev–Trinajstić information content (AvgIpc) is 2.24. The summed E-state index contributed by atoms with van der Waals surface area (Å²) in [5.74, 6) is 0. The first-order valence-electron chi connectivity index (χ1n) is 4.49. The summed E-state index contributed by atoms with van der Waals surface area (Å²) in [5.41, 5.74) is 0. The van der Waals surface area contributed by atoms with Crippen LogP contribution in [-0.4, -0.2) is 37.3 Å². The van der Waals surface area contributed by atoms with E-state index in [0.29, 0.717) is 0 Å². The molecule has 0 fully saturated rings. The van der Waals surface area contributed by atoms with Crippen LogP contribution in [0.15, 0.2) is 23.2 Å². The molecular weight excluding hydrogens is 297 g/mol. The van der Waals surface area contributed by atoms with Gasteiger partial charge in [0.05, 0.1) is 4.90 Å². The molecule has 0 radical (unpaired) electrons. The average molecular weight is 305 g/mol. The van der Waals surface area contributed by atoms with Crippen molar-refractivity contribution in [1.29, 1.82) is 0 Å². The lowest BCUT2D eigenvalue weighted by atomic mass is 10.4. The molecule has 10 heteroatoms. The van der Waals surface area contributed by atoms with Gasteiger partial charge in [0.2, 0.25) is 10.0 Å². The molecule has 1 atom stereocenters. The number of sulfonamides is 1. The maximum Gasteiger partial charge on any atom is 0.415 e. The minimum Gasteiger partial charge on any atom is -0.382 e. The van der Waals surface area contributed by atoms with Crippen molar-refractivity contribution in [3.8, 4) is 0 Å². The van der Waals surface area contributed by atoms with E-state index in [1.807, 2.05) is 0 Å². The second-order valence-corrected chi connectivity index (χ2v) is 5.38. The van der Waals surface area contributed by atoms with Crippen molar-refractivity contribution in [3.63, 3.8) is 0 Å². The number of aromatic nitrogens is 1. The van der Waals surface area contributed by atoms with E-state index in [9.17, 15) is 21.6 Å². The summed E-state index contributed by atoms with van der Waals surface area (Å²) >= 11 is 5.45. The third-order valence-corrected chi connectivity index (χ3v) is 3.48. The standard InChI is InChI=1S/C8H8ClF3N2O3S/c9-7-3-5(1-2-13-7)18(16,17)14-4-6(15)8(10,11)12/h1-3,6,14-15H,4H2. The predicted octanol–water partition coefficient (Wildman–Crippen LogP) is 0.936. The van der Waals surface area contributed by atoms with Crippen LogP contribution in [0.25, 0.3) is 0 Å². The molecule has 1 aromatic rings. The molecule has 0 amide bonds. The molecule has 18 heavy (non-hydrogen) atoms. The van der Waals surface area contributed by atoms with Crippen LogP contribution < -0.4 is 4.72 Å². The first-order valence-corrected chi connectivity index (χ1v) is 6.35. The molecule has 5 nitrogen and oxygen atoms in total. The quantitative estimate of drug-likeness (QED) is 0.811. The van der Waals surface area contributed by atoms with Crippen LogP contribution in [0.1, 0.15) is 0 Å². The first kappa shape index (κ1) is 15.2. The van der Waals surface area contributed by atoms with E-state index in [1.54, 1.807) is 4.72 Å².